The van der Waals surface area contributed by atoms with Crippen LogP contribution < -0.4 is 4.74 Å². The van der Waals surface area contributed by atoms with Crippen molar-refractivity contribution >= 4 is 17.7 Å². The molecule has 0 saturated carbocycles. The normalized spacial score (nSPS) is 9.50. The summed E-state index contributed by atoms with van der Waals surface area (Å²) in [5, 5.41) is 0. The number of ether oxygens (including phenoxy) is 1. The third-order valence-corrected chi connectivity index (χ3v) is 1.98. The first-order chi connectivity index (χ1) is 5.81. The standard InChI is InChI=1S/C10H11ClO/c1-3-8-4-5-9(7-11)10(6-8)12-2/h3-6H,1,7H2,2H3. The lowest BCUT2D eigenvalue weighted by atomic mass is 10.1. The van der Waals surface area contributed by atoms with Gasteiger partial charge in [0, 0.05) is 5.56 Å². The Morgan fingerprint density at radius 1 is 1.58 bits per heavy atom. The van der Waals surface area contributed by atoms with Gasteiger partial charge in [0.05, 0.1) is 13.0 Å². The van der Waals surface area contributed by atoms with E-state index >= 15 is 0 Å². The van der Waals surface area contributed by atoms with Gasteiger partial charge in [0.1, 0.15) is 5.75 Å². The highest BCUT2D eigenvalue weighted by molar-refractivity contribution is 6.17. The van der Waals surface area contributed by atoms with Crippen LogP contribution in [0.25, 0.3) is 6.08 Å². The van der Waals surface area contributed by atoms with Crippen molar-refractivity contribution in [1.29, 1.82) is 0 Å². The summed E-state index contributed by atoms with van der Waals surface area (Å²) in [6.07, 6.45) is 1.78. The number of hydrogen-bond acceptors (Lipinski definition) is 1. The Morgan fingerprint density at radius 2 is 2.33 bits per heavy atom. The minimum Gasteiger partial charge on any atom is -0.496 e. The van der Waals surface area contributed by atoms with Crippen LogP contribution in [0.2, 0.25) is 0 Å². The Hall–Kier alpha value is -0.950. The van der Waals surface area contributed by atoms with E-state index in [9.17, 15) is 0 Å². The first kappa shape index (κ1) is 9.14. The second-order valence-electron chi connectivity index (χ2n) is 2.41. The SMILES string of the molecule is C=Cc1ccc(CCl)c(OC)c1. The second-order valence-corrected chi connectivity index (χ2v) is 2.68. The maximum atomic E-state index is 5.70. The predicted octanol–water partition coefficient (Wildman–Crippen LogP) is 3.08. The van der Waals surface area contributed by atoms with E-state index in [4.69, 9.17) is 16.3 Å². The average molecular weight is 183 g/mol. The van der Waals surface area contributed by atoms with Crippen LogP contribution in [0.15, 0.2) is 24.8 Å². The van der Waals surface area contributed by atoms with Gasteiger partial charge in [-0.05, 0) is 11.6 Å². The van der Waals surface area contributed by atoms with Crippen LogP contribution in [-0.2, 0) is 5.88 Å². The molecule has 0 heterocycles. The molecule has 0 aliphatic carbocycles. The zero-order valence-corrected chi connectivity index (χ0v) is 7.77. The number of benzene rings is 1. The van der Waals surface area contributed by atoms with Gasteiger partial charge in [-0.1, -0.05) is 24.8 Å². The van der Waals surface area contributed by atoms with Crippen molar-refractivity contribution in [2.75, 3.05) is 7.11 Å². The van der Waals surface area contributed by atoms with Gasteiger partial charge in [0.25, 0.3) is 0 Å². The van der Waals surface area contributed by atoms with Crippen LogP contribution in [-0.4, -0.2) is 7.11 Å². The lowest BCUT2D eigenvalue weighted by molar-refractivity contribution is 0.411. The molecular weight excluding hydrogens is 172 g/mol. The fourth-order valence-electron chi connectivity index (χ4n) is 0.999. The number of hydrogen-bond donors (Lipinski definition) is 0. The minimum absolute atomic E-state index is 0.473. The second kappa shape index (κ2) is 4.17. The van der Waals surface area contributed by atoms with E-state index in [2.05, 4.69) is 6.58 Å². The van der Waals surface area contributed by atoms with Crippen LogP contribution in [0.4, 0.5) is 0 Å². The van der Waals surface area contributed by atoms with Crippen LogP contribution >= 0.6 is 11.6 Å². The molecule has 0 unspecified atom stereocenters. The molecule has 0 radical (unpaired) electrons. The van der Waals surface area contributed by atoms with E-state index in [1.807, 2.05) is 18.2 Å². The third kappa shape index (κ3) is 1.80. The zero-order valence-electron chi connectivity index (χ0n) is 7.01. The summed E-state index contributed by atoms with van der Waals surface area (Å²) in [6, 6.07) is 5.83. The van der Waals surface area contributed by atoms with E-state index in [0.29, 0.717) is 5.88 Å². The zero-order chi connectivity index (χ0) is 8.97. The van der Waals surface area contributed by atoms with Gasteiger partial charge in [0.15, 0.2) is 0 Å². The molecule has 0 aromatic heterocycles. The fraction of sp³-hybridized carbons (Fsp3) is 0.200. The molecule has 12 heavy (non-hydrogen) atoms. The molecule has 0 amide bonds. The molecule has 1 aromatic rings. The van der Waals surface area contributed by atoms with E-state index in [-0.39, 0.29) is 0 Å². The van der Waals surface area contributed by atoms with E-state index in [0.717, 1.165) is 16.9 Å². The Bertz CT molecular complexity index is 281. The number of rotatable bonds is 3. The molecule has 0 bridgehead atoms. The fourth-order valence-corrected chi connectivity index (χ4v) is 1.22. The maximum Gasteiger partial charge on any atom is 0.123 e. The number of alkyl halides is 1. The maximum absolute atomic E-state index is 5.70. The summed E-state index contributed by atoms with van der Waals surface area (Å²) >= 11 is 5.70. The predicted molar refractivity (Wildman–Crippen MR) is 52.6 cm³/mol. The van der Waals surface area contributed by atoms with Crippen molar-refractivity contribution < 1.29 is 4.74 Å². The number of halogens is 1. The van der Waals surface area contributed by atoms with Crippen LogP contribution in [0.5, 0.6) is 5.75 Å². The summed E-state index contributed by atoms with van der Waals surface area (Å²) in [5.74, 6) is 1.29. The van der Waals surface area contributed by atoms with Gasteiger partial charge in [-0.25, -0.2) is 0 Å². The van der Waals surface area contributed by atoms with E-state index in [1.54, 1.807) is 13.2 Å². The molecule has 64 valence electrons. The van der Waals surface area contributed by atoms with Gasteiger partial charge < -0.3 is 4.74 Å². The quantitative estimate of drug-likeness (QED) is 0.653. The molecular formula is C10H11ClO. The van der Waals surface area contributed by atoms with Crippen LogP contribution in [0.3, 0.4) is 0 Å². The molecule has 0 fully saturated rings. The highest BCUT2D eigenvalue weighted by Gasteiger charge is 2.00. The molecule has 1 rings (SSSR count). The molecule has 0 aliphatic heterocycles. The van der Waals surface area contributed by atoms with Crippen molar-refractivity contribution in [2.45, 2.75) is 5.88 Å². The summed E-state index contributed by atoms with van der Waals surface area (Å²) in [6.45, 7) is 3.67. The summed E-state index contributed by atoms with van der Waals surface area (Å²) < 4.78 is 5.15. The van der Waals surface area contributed by atoms with Gasteiger partial charge in [-0.2, -0.15) is 0 Å². The summed E-state index contributed by atoms with van der Waals surface area (Å²) in [4.78, 5) is 0. The molecule has 0 saturated heterocycles. The largest absolute Gasteiger partial charge is 0.496 e. The monoisotopic (exact) mass is 182 g/mol. The van der Waals surface area contributed by atoms with Gasteiger partial charge >= 0.3 is 0 Å². The highest BCUT2D eigenvalue weighted by Crippen LogP contribution is 2.22. The highest BCUT2D eigenvalue weighted by atomic mass is 35.5. The van der Waals surface area contributed by atoms with Crippen molar-refractivity contribution in [3.63, 3.8) is 0 Å². The molecule has 1 aromatic carbocycles. The third-order valence-electron chi connectivity index (χ3n) is 1.69. The molecule has 0 atom stereocenters. The molecule has 0 spiro atoms. The average Bonchev–Trinajstić information content (AvgIpc) is 2.16. The first-order valence-electron chi connectivity index (χ1n) is 3.67. The van der Waals surface area contributed by atoms with E-state index in [1.165, 1.54) is 0 Å². The topological polar surface area (TPSA) is 9.23 Å². The molecule has 1 nitrogen and oxygen atoms in total. The smallest absolute Gasteiger partial charge is 0.123 e. The summed E-state index contributed by atoms with van der Waals surface area (Å²) in [7, 11) is 1.64. The van der Waals surface area contributed by atoms with E-state index < -0.39 is 0 Å². The Kier molecular flexibility index (Phi) is 3.18. The van der Waals surface area contributed by atoms with Crippen LogP contribution in [0.1, 0.15) is 11.1 Å². The van der Waals surface area contributed by atoms with Crippen molar-refractivity contribution in [2.24, 2.45) is 0 Å². The van der Waals surface area contributed by atoms with Gasteiger partial charge in [-0.3, -0.25) is 0 Å². The van der Waals surface area contributed by atoms with Crippen molar-refractivity contribution in [3.8, 4) is 5.75 Å². The number of methoxy groups -OCH3 is 1. The molecule has 2 heteroatoms. The van der Waals surface area contributed by atoms with Crippen molar-refractivity contribution in [3.05, 3.63) is 35.9 Å². The van der Waals surface area contributed by atoms with Gasteiger partial charge in [0.2, 0.25) is 0 Å². The Labute approximate surface area is 77.6 Å². The lowest BCUT2D eigenvalue weighted by Gasteiger charge is -2.05. The summed E-state index contributed by atoms with van der Waals surface area (Å²) in [5.41, 5.74) is 2.05. The Balaban J connectivity index is 3.10. The molecule has 0 N–H and O–H groups in total. The Morgan fingerprint density at radius 3 is 2.83 bits per heavy atom. The van der Waals surface area contributed by atoms with Crippen molar-refractivity contribution in [1.82, 2.24) is 0 Å². The lowest BCUT2D eigenvalue weighted by Crippen LogP contribution is -1.89. The van der Waals surface area contributed by atoms with Crippen LogP contribution in [0, 0.1) is 0 Å². The first-order valence-corrected chi connectivity index (χ1v) is 4.20. The minimum atomic E-state index is 0.473. The van der Waals surface area contributed by atoms with Gasteiger partial charge in [-0.15, -0.1) is 11.6 Å². The molecule has 0 aliphatic rings.